The molecule has 0 heterocycles. The molecular formula is C12H12Br2O3. The molecule has 0 saturated heterocycles. The van der Waals surface area contributed by atoms with Gasteiger partial charge in [-0.25, -0.2) is 0 Å². The molecular weight excluding hydrogens is 352 g/mol. The molecule has 0 fully saturated rings. The van der Waals surface area contributed by atoms with Gasteiger partial charge in [0.1, 0.15) is 5.78 Å². The summed E-state index contributed by atoms with van der Waals surface area (Å²) in [4.78, 5) is 22.1. The van der Waals surface area contributed by atoms with Gasteiger partial charge in [-0.05, 0) is 30.2 Å². The number of halogens is 2. The first-order valence-electron chi connectivity index (χ1n) is 4.94. The maximum Gasteiger partial charge on any atom is 0.309 e. The third kappa shape index (κ3) is 4.24. The molecule has 0 aliphatic carbocycles. The molecule has 3 nitrogen and oxygen atoms in total. The highest BCUT2D eigenvalue weighted by molar-refractivity contribution is 9.10. The highest BCUT2D eigenvalue weighted by Crippen LogP contribution is 2.27. The molecule has 1 aromatic carbocycles. The number of ketones is 1. The third-order valence-corrected chi connectivity index (χ3v) is 3.84. The van der Waals surface area contributed by atoms with E-state index in [9.17, 15) is 9.59 Å². The van der Waals surface area contributed by atoms with E-state index in [-0.39, 0.29) is 23.0 Å². The fraction of sp³-hybridized carbons (Fsp3) is 0.333. The minimum Gasteiger partial charge on any atom is -0.469 e. The van der Waals surface area contributed by atoms with Crippen LogP contribution in [-0.4, -0.2) is 18.9 Å². The van der Waals surface area contributed by atoms with Gasteiger partial charge in [-0.1, -0.05) is 37.9 Å². The Labute approximate surface area is 117 Å². The molecule has 1 aromatic rings. The topological polar surface area (TPSA) is 43.4 Å². The van der Waals surface area contributed by atoms with Crippen LogP contribution in [0.2, 0.25) is 0 Å². The summed E-state index contributed by atoms with van der Waals surface area (Å²) < 4.78 is 5.44. The first-order chi connectivity index (χ1) is 7.93. The second-order valence-electron chi connectivity index (χ2n) is 3.62. The Kier molecular flexibility index (Phi) is 5.33. The largest absolute Gasteiger partial charge is 0.469 e. The number of hydrogen-bond acceptors (Lipinski definition) is 3. The first-order valence-corrected chi connectivity index (χ1v) is 6.65. The molecule has 0 aromatic heterocycles. The van der Waals surface area contributed by atoms with Crippen LogP contribution in [0.4, 0.5) is 0 Å². The van der Waals surface area contributed by atoms with Gasteiger partial charge in [0, 0.05) is 4.47 Å². The van der Waals surface area contributed by atoms with Crippen molar-refractivity contribution in [2.45, 2.75) is 18.2 Å². The number of methoxy groups -OCH3 is 1. The second-order valence-corrected chi connectivity index (χ2v) is 5.45. The van der Waals surface area contributed by atoms with E-state index < -0.39 is 0 Å². The Morgan fingerprint density at radius 3 is 2.53 bits per heavy atom. The summed E-state index contributed by atoms with van der Waals surface area (Å²) in [5, 5.41) is 0. The lowest BCUT2D eigenvalue weighted by molar-refractivity contribution is -0.139. The van der Waals surface area contributed by atoms with E-state index in [1.165, 1.54) is 14.0 Å². The van der Waals surface area contributed by atoms with Crippen molar-refractivity contribution >= 4 is 43.6 Å². The Hall–Kier alpha value is -0.680. The van der Waals surface area contributed by atoms with Gasteiger partial charge in [0.05, 0.1) is 18.4 Å². The van der Waals surface area contributed by atoms with Gasteiger partial charge in [-0.3, -0.25) is 9.59 Å². The van der Waals surface area contributed by atoms with Gasteiger partial charge in [0.25, 0.3) is 0 Å². The van der Waals surface area contributed by atoms with Crippen molar-refractivity contribution < 1.29 is 14.3 Å². The number of carbonyl (C=O) groups is 2. The fourth-order valence-electron chi connectivity index (χ4n) is 1.40. The van der Waals surface area contributed by atoms with E-state index in [1.807, 2.05) is 18.2 Å². The zero-order valence-electron chi connectivity index (χ0n) is 9.50. The highest BCUT2D eigenvalue weighted by Gasteiger charge is 2.14. The maximum absolute atomic E-state index is 11.3. The van der Waals surface area contributed by atoms with Crippen molar-refractivity contribution in [2.24, 2.45) is 0 Å². The molecule has 1 atom stereocenters. The zero-order chi connectivity index (χ0) is 13.0. The van der Waals surface area contributed by atoms with Gasteiger partial charge < -0.3 is 4.74 Å². The van der Waals surface area contributed by atoms with Gasteiger partial charge in [0.15, 0.2) is 0 Å². The lowest BCUT2D eigenvalue weighted by Crippen LogP contribution is -2.06. The Morgan fingerprint density at radius 1 is 1.35 bits per heavy atom. The van der Waals surface area contributed by atoms with Crippen molar-refractivity contribution in [1.29, 1.82) is 0 Å². The summed E-state index contributed by atoms with van der Waals surface area (Å²) in [5.74, 6) is -0.282. The van der Waals surface area contributed by atoms with Crippen LogP contribution in [0.3, 0.4) is 0 Å². The molecule has 92 valence electrons. The summed E-state index contributed by atoms with van der Waals surface area (Å²) in [5.41, 5.74) is 1.64. The van der Waals surface area contributed by atoms with E-state index in [1.54, 1.807) is 0 Å². The van der Waals surface area contributed by atoms with Crippen LogP contribution >= 0.6 is 31.9 Å². The monoisotopic (exact) mass is 362 g/mol. The summed E-state index contributed by atoms with van der Waals surface area (Å²) in [6.07, 6.45) is 0.195. The minimum atomic E-state index is -0.351. The molecule has 0 spiro atoms. The Morgan fingerprint density at radius 2 is 2.00 bits per heavy atom. The number of ether oxygens (including phenoxy) is 1. The fourth-order valence-corrected chi connectivity index (χ4v) is 2.22. The normalized spacial score (nSPS) is 12.0. The molecule has 0 N–H and O–H groups in total. The summed E-state index contributed by atoms with van der Waals surface area (Å²) in [6.45, 7) is 1.51. The highest BCUT2D eigenvalue weighted by atomic mass is 79.9. The van der Waals surface area contributed by atoms with E-state index in [4.69, 9.17) is 0 Å². The number of esters is 1. The lowest BCUT2D eigenvalue weighted by Gasteiger charge is -2.09. The quantitative estimate of drug-likeness (QED) is 0.609. The smallest absolute Gasteiger partial charge is 0.309 e. The van der Waals surface area contributed by atoms with E-state index in [2.05, 4.69) is 36.6 Å². The third-order valence-electron chi connectivity index (χ3n) is 2.21. The van der Waals surface area contributed by atoms with Crippen LogP contribution in [0.5, 0.6) is 0 Å². The Bertz CT molecular complexity index is 443. The van der Waals surface area contributed by atoms with Gasteiger partial charge >= 0.3 is 5.97 Å². The molecule has 17 heavy (non-hydrogen) atoms. The Balaban J connectivity index is 3.01. The zero-order valence-corrected chi connectivity index (χ0v) is 12.7. The van der Waals surface area contributed by atoms with Crippen LogP contribution in [0, 0.1) is 0 Å². The molecule has 0 bridgehead atoms. The van der Waals surface area contributed by atoms with Crippen LogP contribution in [0.15, 0.2) is 22.7 Å². The van der Waals surface area contributed by atoms with E-state index >= 15 is 0 Å². The van der Waals surface area contributed by atoms with Crippen LogP contribution in [-0.2, 0) is 20.7 Å². The van der Waals surface area contributed by atoms with E-state index in [0.29, 0.717) is 0 Å². The van der Waals surface area contributed by atoms with Gasteiger partial charge in [0.2, 0.25) is 0 Å². The number of benzene rings is 1. The molecule has 0 aliphatic rings. The number of Topliss-reactive ketones (excluding diaryl/α,β-unsaturated/α-hetero) is 1. The standard InChI is InChI=1S/C12H12Br2O3/c1-7(15)12(14)9-3-8(4-10(13)6-9)5-11(16)17-2/h3-4,6,12H,5H2,1-2H3. The minimum absolute atomic E-state index is 0.0205. The summed E-state index contributed by atoms with van der Waals surface area (Å²) in [6, 6.07) is 5.50. The lowest BCUT2D eigenvalue weighted by atomic mass is 10.0. The molecule has 0 saturated carbocycles. The number of rotatable bonds is 4. The van der Waals surface area contributed by atoms with Crippen molar-refractivity contribution in [3.63, 3.8) is 0 Å². The number of alkyl halides is 1. The van der Waals surface area contributed by atoms with Crippen LogP contribution < -0.4 is 0 Å². The molecule has 1 unspecified atom stereocenters. The van der Waals surface area contributed by atoms with Crippen molar-refractivity contribution in [3.05, 3.63) is 33.8 Å². The molecule has 0 radical (unpaired) electrons. The first kappa shape index (κ1) is 14.4. The van der Waals surface area contributed by atoms with Crippen molar-refractivity contribution in [2.75, 3.05) is 7.11 Å². The predicted octanol–water partition coefficient (Wildman–Crippen LogP) is 3.19. The number of carbonyl (C=O) groups excluding carboxylic acids is 2. The van der Waals surface area contributed by atoms with E-state index in [0.717, 1.165) is 15.6 Å². The molecule has 0 aliphatic heterocycles. The van der Waals surface area contributed by atoms with Gasteiger partial charge in [-0.2, -0.15) is 0 Å². The molecule has 0 amide bonds. The summed E-state index contributed by atoms with van der Waals surface area (Å²) >= 11 is 6.67. The summed E-state index contributed by atoms with van der Waals surface area (Å²) in [7, 11) is 1.35. The average Bonchev–Trinajstić information content (AvgIpc) is 2.26. The maximum atomic E-state index is 11.3. The van der Waals surface area contributed by atoms with Crippen molar-refractivity contribution in [1.82, 2.24) is 0 Å². The number of hydrogen-bond donors (Lipinski definition) is 0. The average molecular weight is 364 g/mol. The van der Waals surface area contributed by atoms with Gasteiger partial charge in [-0.15, -0.1) is 0 Å². The predicted molar refractivity (Wildman–Crippen MR) is 72.2 cm³/mol. The molecule has 1 rings (SSSR count). The second kappa shape index (κ2) is 6.31. The molecule has 5 heteroatoms. The SMILES string of the molecule is COC(=O)Cc1cc(Br)cc(C(Br)C(C)=O)c1. The van der Waals surface area contributed by atoms with Crippen molar-refractivity contribution in [3.8, 4) is 0 Å². The van der Waals surface area contributed by atoms with Crippen LogP contribution in [0.25, 0.3) is 0 Å². The van der Waals surface area contributed by atoms with Crippen LogP contribution in [0.1, 0.15) is 22.9 Å².